The van der Waals surface area contributed by atoms with E-state index in [1.165, 1.54) is 0 Å². The lowest BCUT2D eigenvalue weighted by molar-refractivity contribution is 0.0950. The molecule has 128 valence electrons. The molecule has 5 nitrogen and oxygen atoms in total. The molecule has 2 rings (SSSR count). The van der Waals surface area contributed by atoms with Gasteiger partial charge in [0.05, 0.1) is 12.2 Å². The van der Waals surface area contributed by atoms with Crippen molar-refractivity contribution in [3.63, 3.8) is 0 Å². The minimum atomic E-state index is -0.166. The van der Waals surface area contributed by atoms with Crippen LogP contribution in [0.3, 0.4) is 0 Å². The first-order chi connectivity index (χ1) is 11.7. The zero-order valence-electron chi connectivity index (χ0n) is 14.3. The van der Waals surface area contributed by atoms with Gasteiger partial charge in [-0.15, -0.1) is 0 Å². The molecule has 0 bridgehead atoms. The van der Waals surface area contributed by atoms with Crippen LogP contribution in [0.15, 0.2) is 42.6 Å². The molecule has 5 heteroatoms. The Hall–Kier alpha value is -2.40. The Balaban J connectivity index is 2.00. The van der Waals surface area contributed by atoms with Crippen molar-refractivity contribution in [2.45, 2.75) is 33.4 Å². The summed E-state index contributed by atoms with van der Waals surface area (Å²) in [6, 6.07) is 11.2. The Morgan fingerprint density at radius 2 is 1.92 bits per heavy atom. The molecule has 2 aromatic rings. The maximum atomic E-state index is 12.3. The molecule has 0 saturated carbocycles. The summed E-state index contributed by atoms with van der Waals surface area (Å²) in [7, 11) is 0. The van der Waals surface area contributed by atoms with E-state index >= 15 is 0 Å². The van der Waals surface area contributed by atoms with E-state index in [9.17, 15) is 9.90 Å². The summed E-state index contributed by atoms with van der Waals surface area (Å²) in [5, 5.41) is 12.2. The second-order valence-electron chi connectivity index (χ2n) is 5.59. The Labute approximate surface area is 143 Å². The number of benzene rings is 1. The molecule has 0 aliphatic carbocycles. The summed E-state index contributed by atoms with van der Waals surface area (Å²) in [5.74, 6) is 0.724. The second-order valence-corrected chi connectivity index (χ2v) is 5.59. The highest BCUT2D eigenvalue weighted by Gasteiger charge is 2.09. The van der Waals surface area contributed by atoms with Crippen molar-refractivity contribution in [1.29, 1.82) is 0 Å². The van der Waals surface area contributed by atoms with E-state index in [1.54, 1.807) is 12.3 Å². The van der Waals surface area contributed by atoms with Crippen LogP contribution >= 0.6 is 0 Å². The van der Waals surface area contributed by atoms with E-state index in [1.807, 2.05) is 30.3 Å². The number of nitrogens with one attached hydrogen (secondary N) is 1. The summed E-state index contributed by atoms with van der Waals surface area (Å²) in [4.78, 5) is 18.8. The first kappa shape index (κ1) is 17.9. The Kier molecular flexibility index (Phi) is 6.75. The van der Waals surface area contributed by atoms with E-state index in [2.05, 4.69) is 29.0 Å². The van der Waals surface area contributed by atoms with Gasteiger partial charge in [-0.3, -0.25) is 4.79 Å². The van der Waals surface area contributed by atoms with Crippen LogP contribution in [0, 0.1) is 0 Å². The monoisotopic (exact) mass is 327 g/mol. The molecule has 0 atom stereocenters. The third-order valence-corrected chi connectivity index (χ3v) is 3.94. The standard InChI is InChI=1S/C19H25N3O2/c1-3-11-22(4-2)18-10-9-16(13-20-18)19(24)21-12-15-7-5-6-8-17(15)14-23/h5-10,13,23H,3-4,11-12,14H2,1-2H3,(H,21,24). The molecule has 0 radical (unpaired) electrons. The predicted octanol–water partition coefficient (Wildman–Crippen LogP) is 2.74. The minimum Gasteiger partial charge on any atom is -0.392 e. The molecule has 0 unspecified atom stereocenters. The smallest absolute Gasteiger partial charge is 0.253 e. The fourth-order valence-corrected chi connectivity index (χ4v) is 2.57. The molecule has 0 saturated heterocycles. The SMILES string of the molecule is CCCN(CC)c1ccc(C(=O)NCc2ccccc2CO)cn1. The van der Waals surface area contributed by atoms with E-state index in [4.69, 9.17) is 0 Å². The number of carbonyl (C=O) groups is 1. The molecule has 1 heterocycles. The lowest BCUT2D eigenvalue weighted by atomic mass is 10.1. The first-order valence-electron chi connectivity index (χ1n) is 8.36. The number of aliphatic hydroxyl groups excluding tert-OH is 1. The number of aromatic nitrogens is 1. The zero-order chi connectivity index (χ0) is 17.4. The fourth-order valence-electron chi connectivity index (χ4n) is 2.57. The van der Waals surface area contributed by atoms with Gasteiger partial charge in [0.15, 0.2) is 0 Å². The van der Waals surface area contributed by atoms with E-state index in [0.717, 1.165) is 36.5 Å². The van der Waals surface area contributed by atoms with Crippen LogP contribution in [-0.4, -0.2) is 29.1 Å². The number of rotatable bonds is 8. The fraction of sp³-hybridized carbons (Fsp3) is 0.368. The average Bonchev–Trinajstić information content (AvgIpc) is 2.64. The summed E-state index contributed by atoms with van der Waals surface area (Å²) in [6.07, 6.45) is 2.67. The van der Waals surface area contributed by atoms with Gasteiger partial charge in [-0.2, -0.15) is 0 Å². The van der Waals surface area contributed by atoms with Crippen LogP contribution < -0.4 is 10.2 Å². The average molecular weight is 327 g/mol. The molecule has 0 aliphatic heterocycles. The molecule has 2 N–H and O–H groups in total. The largest absolute Gasteiger partial charge is 0.392 e. The zero-order valence-corrected chi connectivity index (χ0v) is 14.3. The lowest BCUT2D eigenvalue weighted by Gasteiger charge is -2.21. The number of anilines is 1. The highest BCUT2D eigenvalue weighted by Crippen LogP contribution is 2.12. The van der Waals surface area contributed by atoms with Gasteiger partial charge in [-0.25, -0.2) is 4.98 Å². The molecule has 0 aliphatic rings. The van der Waals surface area contributed by atoms with Crippen molar-refractivity contribution in [3.8, 4) is 0 Å². The number of pyridine rings is 1. The summed E-state index contributed by atoms with van der Waals surface area (Å²) < 4.78 is 0. The number of hydrogen-bond acceptors (Lipinski definition) is 4. The highest BCUT2D eigenvalue weighted by molar-refractivity contribution is 5.94. The molecule has 1 aromatic carbocycles. The topological polar surface area (TPSA) is 65.5 Å². The second kappa shape index (κ2) is 9.03. The van der Waals surface area contributed by atoms with Gasteiger partial charge in [0.25, 0.3) is 5.91 Å². The molecule has 0 spiro atoms. The van der Waals surface area contributed by atoms with Crippen molar-refractivity contribution < 1.29 is 9.90 Å². The third-order valence-electron chi connectivity index (χ3n) is 3.94. The number of hydrogen-bond donors (Lipinski definition) is 2. The third kappa shape index (κ3) is 4.55. The van der Waals surface area contributed by atoms with Crippen LogP contribution in [0.25, 0.3) is 0 Å². The van der Waals surface area contributed by atoms with Crippen molar-refractivity contribution >= 4 is 11.7 Å². The highest BCUT2D eigenvalue weighted by atomic mass is 16.3. The van der Waals surface area contributed by atoms with Crippen molar-refractivity contribution in [2.24, 2.45) is 0 Å². The van der Waals surface area contributed by atoms with Gasteiger partial charge in [-0.1, -0.05) is 31.2 Å². The molecule has 1 amide bonds. The van der Waals surface area contributed by atoms with Crippen LogP contribution in [0.5, 0.6) is 0 Å². The van der Waals surface area contributed by atoms with E-state index in [0.29, 0.717) is 12.1 Å². The van der Waals surface area contributed by atoms with Crippen LogP contribution in [-0.2, 0) is 13.2 Å². The maximum absolute atomic E-state index is 12.3. The minimum absolute atomic E-state index is 0.0351. The quantitative estimate of drug-likeness (QED) is 0.782. The van der Waals surface area contributed by atoms with Gasteiger partial charge in [-0.05, 0) is 36.6 Å². The van der Waals surface area contributed by atoms with Crippen molar-refractivity contribution in [2.75, 3.05) is 18.0 Å². The van der Waals surface area contributed by atoms with Gasteiger partial charge >= 0.3 is 0 Å². The molecular formula is C19H25N3O2. The number of aliphatic hydroxyl groups is 1. The predicted molar refractivity (Wildman–Crippen MR) is 96.0 cm³/mol. The Bertz CT molecular complexity index is 656. The lowest BCUT2D eigenvalue weighted by Crippen LogP contribution is -2.26. The number of amides is 1. The van der Waals surface area contributed by atoms with Gasteiger partial charge in [0, 0.05) is 25.8 Å². The Morgan fingerprint density at radius 1 is 1.17 bits per heavy atom. The molecule has 0 fully saturated rings. The van der Waals surface area contributed by atoms with Gasteiger partial charge < -0.3 is 15.3 Å². The maximum Gasteiger partial charge on any atom is 0.253 e. The van der Waals surface area contributed by atoms with Crippen LogP contribution in [0.1, 0.15) is 41.8 Å². The number of carbonyl (C=O) groups excluding carboxylic acids is 1. The molecule has 1 aromatic heterocycles. The summed E-state index contributed by atoms with van der Waals surface area (Å²) >= 11 is 0. The number of nitrogens with zero attached hydrogens (tertiary/aromatic N) is 2. The van der Waals surface area contributed by atoms with Gasteiger partial charge in [0.2, 0.25) is 0 Å². The van der Waals surface area contributed by atoms with Gasteiger partial charge in [0.1, 0.15) is 5.82 Å². The first-order valence-corrected chi connectivity index (χ1v) is 8.36. The summed E-state index contributed by atoms with van der Waals surface area (Å²) in [6.45, 7) is 6.42. The summed E-state index contributed by atoms with van der Waals surface area (Å²) in [5.41, 5.74) is 2.27. The van der Waals surface area contributed by atoms with E-state index < -0.39 is 0 Å². The van der Waals surface area contributed by atoms with Crippen molar-refractivity contribution in [3.05, 3.63) is 59.3 Å². The molecule has 24 heavy (non-hydrogen) atoms. The van der Waals surface area contributed by atoms with Crippen molar-refractivity contribution in [1.82, 2.24) is 10.3 Å². The molecular weight excluding hydrogens is 302 g/mol. The normalized spacial score (nSPS) is 10.5. The van der Waals surface area contributed by atoms with Crippen LogP contribution in [0.2, 0.25) is 0 Å². The Morgan fingerprint density at radius 3 is 2.50 bits per heavy atom. The van der Waals surface area contributed by atoms with E-state index in [-0.39, 0.29) is 12.5 Å². The van der Waals surface area contributed by atoms with Crippen LogP contribution in [0.4, 0.5) is 5.82 Å².